The van der Waals surface area contributed by atoms with Crippen LogP contribution < -0.4 is 10.6 Å². The molecule has 1 aromatic carbocycles. The first-order valence-electron chi connectivity index (χ1n) is 9.10. The zero-order valence-electron chi connectivity index (χ0n) is 15.8. The number of benzene rings is 1. The van der Waals surface area contributed by atoms with E-state index >= 15 is 0 Å². The molecule has 25 heavy (non-hydrogen) atoms. The van der Waals surface area contributed by atoms with Crippen LogP contribution in [0.1, 0.15) is 39.2 Å². The van der Waals surface area contributed by atoms with Crippen LogP contribution >= 0.6 is 0 Å². The molecule has 5 nitrogen and oxygen atoms in total. The lowest BCUT2D eigenvalue weighted by Crippen LogP contribution is -2.52. The maximum atomic E-state index is 12.3. The van der Waals surface area contributed by atoms with Crippen LogP contribution in [0, 0.1) is 24.2 Å². The number of likely N-dealkylation sites (tertiary alicyclic amines) is 1. The molecule has 0 bridgehead atoms. The number of nitriles is 1. The Morgan fingerprint density at radius 3 is 2.44 bits per heavy atom. The van der Waals surface area contributed by atoms with Gasteiger partial charge in [-0.1, -0.05) is 31.5 Å². The van der Waals surface area contributed by atoms with Crippen LogP contribution in [0.2, 0.25) is 0 Å². The minimum Gasteiger partial charge on any atom is -0.382 e. The Bertz CT molecular complexity index is 612. The largest absolute Gasteiger partial charge is 0.382 e. The van der Waals surface area contributed by atoms with Gasteiger partial charge in [0, 0.05) is 24.8 Å². The number of nitrogens with one attached hydrogen (secondary N) is 2. The Morgan fingerprint density at radius 2 is 1.92 bits per heavy atom. The third-order valence-corrected chi connectivity index (χ3v) is 5.16. The standard InChI is InChI=1S/C20H30N4O/c1-15(2)20(4,14-21)23-19(25)13-24-11-9-18(10-12-24)22-17-7-5-16(3)6-8-17/h5-8,15,18,22H,9-13H2,1-4H3,(H,23,25)/t20-/m0/s1. The molecule has 1 fully saturated rings. The van der Waals surface area contributed by atoms with Crippen LogP contribution in [0.15, 0.2) is 24.3 Å². The molecule has 1 aromatic rings. The zero-order valence-corrected chi connectivity index (χ0v) is 15.8. The molecule has 1 saturated heterocycles. The molecular weight excluding hydrogens is 312 g/mol. The number of piperidine rings is 1. The van der Waals surface area contributed by atoms with E-state index in [1.807, 2.05) is 13.8 Å². The van der Waals surface area contributed by atoms with E-state index in [1.54, 1.807) is 6.92 Å². The summed E-state index contributed by atoms with van der Waals surface area (Å²) < 4.78 is 0. The highest BCUT2D eigenvalue weighted by atomic mass is 16.2. The van der Waals surface area contributed by atoms with E-state index in [-0.39, 0.29) is 11.8 Å². The van der Waals surface area contributed by atoms with Crippen molar-refractivity contribution in [3.8, 4) is 6.07 Å². The minimum atomic E-state index is -0.803. The topological polar surface area (TPSA) is 68.2 Å². The summed E-state index contributed by atoms with van der Waals surface area (Å²) in [4.78, 5) is 14.4. The highest BCUT2D eigenvalue weighted by molar-refractivity contribution is 5.79. The van der Waals surface area contributed by atoms with E-state index in [1.165, 1.54) is 5.56 Å². The summed E-state index contributed by atoms with van der Waals surface area (Å²) in [6.45, 7) is 9.92. The zero-order chi connectivity index (χ0) is 18.4. The first kappa shape index (κ1) is 19.3. The molecule has 0 unspecified atom stereocenters. The van der Waals surface area contributed by atoms with Crippen molar-refractivity contribution in [3.63, 3.8) is 0 Å². The van der Waals surface area contributed by atoms with Gasteiger partial charge in [0.2, 0.25) is 5.91 Å². The summed E-state index contributed by atoms with van der Waals surface area (Å²) >= 11 is 0. The molecule has 1 atom stereocenters. The van der Waals surface area contributed by atoms with Gasteiger partial charge in [0.05, 0.1) is 12.6 Å². The Hall–Kier alpha value is -2.06. The molecule has 0 radical (unpaired) electrons. The second-order valence-corrected chi connectivity index (χ2v) is 7.58. The third kappa shape index (κ3) is 5.47. The summed E-state index contributed by atoms with van der Waals surface area (Å²) in [6, 6.07) is 11.1. The van der Waals surface area contributed by atoms with Gasteiger partial charge in [0.1, 0.15) is 5.54 Å². The molecule has 0 aliphatic carbocycles. The van der Waals surface area contributed by atoms with Crippen molar-refractivity contribution in [2.45, 2.75) is 52.1 Å². The average molecular weight is 342 g/mol. The second-order valence-electron chi connectivity index (χ2n) is 7.58. The van der Waals surface area contributed by atoms with E-state index < -0.39 is 5.54 Å². The number of aryl methyl sites for hydroxylation is 1. The average Bonchev–Trinajstić information content (AvgIpc) is 2.58. The Labute approximate surface area is 151 Å². The van der Waals surface area contributed by atoms with E-state index in [9.17, 15) is 10.1 Å². The highest BCUT2D eigenvalue weighted by Crippen LogP contribution is 2.18. The van der Waals surface area contributed by atoms with Gasteiger partial charge in [-0.25, -0.2) is 0 Å². The first-order valence-corrected chi connectivity index (χ1v) is 9.10. The highest BCUT2D eigenvalue weighted by Gasteiger charge is 2.31. The predicted molar refractivity (Wildman–Crippen MR) is 101 cm³/mol. The van der Waals surface area contributed by atoms with Gasteiger partial charge >= 0.3 is 0 Å². The number of rotatable bonds is 6. The van der Waals surface area contributed by atoms with Gasteiger partial charge in [-0.15, -0.1) is 0 Å². The van der Waals surface area contributed by atoms with Crippen molar-refractivity contribution in [1.82, 2.24) is 10.2 Å². The number of amides is 1. The molecule has 136 valence electrons. The van der Waals surface area contributed by atoms with Crippen LogP contribution in [-0.2, 0) is 4.79 Å². The van der Waals surface area contributed by atoms with Crippen molar-refractivity contribution in [3.05, 3.63) is 29.8 Å². The van der Waals surface area contributed by atoms with Crippen LogP contribution in [-0.4, -0.2) is 42.0 Å². The summed E-state index contributed by atoms with van der Waals surface area (Å²) in [7, 11) is 0. The normalized spacial score (nSPS) is 18.4. The Kier molecular flexibility index (Phi) is 6.44. The van der Waals surface area contributed by atoms with E-state index in [4.69, 9.17) is 0 Å². The summed E-state index contributed by atoms with van der Waals surface area (Å²) in [5.74, 6) is 0.00795. The van der Waals surface area contributed by atoms with Crippen LogP contribution in [0.25, 0.3) is 0 Å². The number of nitrogens with zero attached hydrogens (tertiary/aromatic N) is 2. The van der Waals surface area contributed by atoms with E-state index in [0.717, 1.165) is 31.6 Å². The monoisotopic (exact) mass is 342 g/mol. The van der Waals surface area contributed by atoms with E-state index in [0.29, 0.717) is 12.6 Å². The fourth-order valence-corrected chi connectivity index (χ4v) is 2.95. The molecule has 1 aliphatic rings. The minimum absolute atomic E-state index is 0.0670. The SMILES string of the molecule is Cc1ccc(NC2CCN(CC(=O)N[C@@](C)(C#N)C(C)C)CC2)cc1. The lowest BCUT2D eigenvalue weighted by Gasteiger charge is -2.34. The molecule has 0 saturated carbocycles. The number of carbonyl (C=O) groups excluding carboxylic acids is 1. The second kappa shape index (κ2) is 8.35. The van der Waals surface area contributed by atoms with Gasteiger partial charge in [-0.2, -0.15) is 5.26 Å². The summed E-state index contributed by atoms with van der Waals surface area (Å²) in [6.07, 6.45) is 2.03. The molecule has 0 spiro atoms. The maximum absolute atomic E-state index is 12.3. The fourth-order valence-electron chi connectivity index (χ4n) is 2.95. The smallest absolute Gasteiger partial charge is 0.235 e. The van der Waals surface area contributed by atoms with Gasteiger partial charge in [0.25, 0.3) is 0 Å². The number of hydrogen-bond donors (Lipinski definition) is 2. The fraction of sp³-hybridized carbons (Fsp3) is 0.600. The summed E-state index contributed by atoms with van der Waals surface area (Å²) in [5.41, 5.74) is 1.61. The lowest BCUT2D eigenvalue weighted by molar-refractivity contribution is -0.124. The molecule has 1 amide bonds. The Morgan fingerprint density at radius 1 is 1.32 bits per heavy atom. The molecule has 1 aliphatic heterocycles. The number of carbonyl (C=O) groups is 1. The molecule has 2 rings (SSSR count). The van der Waals surface area contributed by atoms with Crippen LogP contribution in [0.3, 0.4) is 0 Å². The first-order chi connectivity index (χ1) is 11.8. The maximum Gasteiger partial charge on any atom is 0.235 e. The molecular formula is C20H30N4O. The summed E-state index contributed by atoms with van der Waals surface area (Å²) in [5, 5.41) is 15.8. The number of hydrogen-bond acceptors (Lipinski definition) is 4. The molecule has 1 heterocycles. The quantitative estimate of drug-likeness (QED) is 0.834. The molecule has 0 aromatic heterocycles. The number of anilines is 1. The van der Waals surface area contributed by atoms with Crippen LogP contribution in [0.5, 0.6) is 0 Å². The van der Waals surface area contributed by atoms with Gasteiger partial charge < -0.3 is 10.6 Å². The third-order valence-electron chi connectivity index (χ3n) is 5.16. The van der Waals surface area contributed by atoms with Crippen LogP contribution in [0.4, 0.5) is 5.69 Å². The van der Waals surface area contributed by atoms with Crippen molar-refractivity contribution in [1.29, 1.82) is 5.26 Å². The molecule has 5 heteroatoms. The predicted octanol–water partition coefficient (Wildman–Crippen LogP) is 2.93. The van der Waals surface area contributed by atoms with Crippen molar-refractivity contribution < 1.29 is 4.79 Å². The Balaban J connectivity index is 1.77. The molecule has 2 N–H and O–H groups in total. The van der Waals surface area contributed by atoms with Crippen molar-refractivity contribution >= 4 is 11.6 Å². The van der Waals surface area contributed by atoms with Gasteiger partial charge in [-0.05, 0) is 44.7 Å². The van der Waals surface area contributed by atoms with Crippen molar-refractivity contribution in [2.24, 2.45) is 5.92 Å². The van der Waals surface area contributed by atoms with Crippen molar-refractivity contribution in [2.75, 3.05) is 25.0 Å². The van der Waals surface area contributed by atoms with Gasteiger partial charge in [0.15, 0.2) is 0 Å². The van der Waals surface area contributed by atoms with Gasteiger partial charge in [-0.3, -0.25) is 9.69 Å². The lowest BCUT2D eigenvalue weighted by atomic mass is 9.90. The van der Waals surface area contributed by atoms with E-state index in [2.05, 4.69) is 52.8 Å².